The second kappa shape index (κ2) is 6.05. The van der Waals surface area contributed by atoms with Crippen molar-refractivity contribution < 1.29 is 4.79 Å². The molecule has 0 atom stereocenters. The second-order valence-corrected chi connectivity index (χ2v) is 5.82. The number of carbonyl (C=O) groups is 1. The largest absolute Gasteiger partial charge is 0.388 e. The fourth-order valence-corrected chi connectivity index (χ4v) is 2.73. The highest BCUT2D eigenvalue weighted by Gasteiger charge is 2.11. The summed E-state index contributed by atoms with van der Waals surface area (Å²) in [5.74, 6) is 0.245. The lowest BCUT2D eigenvalue weighted by Crippen LogP contribution is -2.12. The molecule has 4 nitrogen and oxygen atoms in total. The van der Waals surface area contributed by atoms with E-state index in [0.717, 1.165) is 16.9 Å². The van der Waals surface area contributed by atoms with Gasteiger partial charge < -0.3 is 5.32 Å². The number of carbonyl (C=O) groups excluding carboxylic acids is 1. The molecule has 20 heavy (non-hydrogen) atoms. The molecule has 0 aliphatic rings. The molecule has 0 aliphatic heterocycles. The van der Waals surface area contributed by atoms with E-state index in [9.17, 15) is 4.79 Å². The van der Waals surface area contributed by atoms with Crippen molar-refractivity contribution >= 4 is 28.1 Å². The molecule has 1 aromatic carbocycles. The number of benzene rings is 1. The van der Waals surface area contributed by atoms with Gasteiger partial charge in [-0.05, 0) is 36.6 Å². The van der Waals surface area contributed by atoms with Crippen molar-refractivity contribution in [1.82, 2.24) is 4.98 Å². The van der Waals surface area contributed by atoms with E-state index >= 15 is 0 Å². The fourth-order valence-electron chi connectivity index (χ4n) is 1.86. The van der Waals surface area contributed by atoms with Gasteiger partial charge in [0.05, 0.1) is 5.69 Å². The summed E-state index contributed by atoms with van der Waals surface area (Å²) >= 11 is 1.46. The Morgan fingerprint density at radius 1 is 1.35 bits per heavy atom. The first-order chi connectivity index (χ1) is 9.51. The van der Waals surface area contributed by atoms with E-state index in [1.165, 1.54) is 11.3 Å². The van der Waals surface area contributed by atoms with Crippen molar-refractivity contribution in [3.05, 3.63) is 40.4 Å². The zero-order chi connectivity index (χ0) is 14.7. The van der Waals surface area contributed by atoms with E-state index in [0.29, 0.717) is 16.6 Å². The molecule has 1 aromatic heterocycles. The van der Waals surface area contributed by atoms with Crippen LogP contribution in [-0.4, -0.2) is 17.9 Å². The summed E-state index contributed by atoms with van der Waals surface area (Å²) in [5.41, 5.74) is 3.72. The Hall–Kier alpha value is -1.88. The average Bonchev–Trinajstić information content (AvgIpc) is 2.87. The van der Waals surface area contributed by atoms with E-state index < -0.39 is 0 Å². The first kappa shape index (κ1) is 14.5. The van der Waals surface area contributed by atoms with Gasteiger partial charge in [-0.25, -0.2) is 4.98 Å². The Kier molecular flexibility index (Phi) is 4.39. The van der Waals surface area contributed by atoms with Crippen molar-refractivity contribution in [1.29, 1.82) is 0 Å². The SMILES string of the molecule is CNc1ccc(C(=O)Nc2nc(C(C)C)cs2)cc1C. The van der Waals surface area contributed by atoms with Gasteiger partial charge in [-0.2, -0.15) is 0 Å². The number of aromatic nitrogens is 1. The minimum absolute atomic E-state index is 0.125. The quantitative estimate of drug-likeness (QED) is 0.898. The van der Waals surface area contributed by atoms with Crippen LogP contribution in [0.25, 0.3) is 0 Å². The van der Waals surface area contributed by atoms with Crippen LogP contribution in [0, 0.1) is 6.92 Å². The van der Waals surface area contributed by atoms with Crippen LogP contribution in [0.3, 0.4) is 0 Å². The summed E-state index contributed by atoms with van der Waals surface area (Å²) in [5, 5.41) is 8.56. The number of hydrogen-bond acceptors (Lipinski definition) is 4. The van der Waals surface area contributed by atoms with Gasteiger partial charge in [-0.3, -0.25) is 10.1 Å². The lowest BCUT2D eigenvalue weighted by Gasteiger charge is -2.07. The molecule has 0 saturated heterocycles. The van der Waals surface area contributed by atoms with E-state index in [2.05, 4.69) is 29.5 Å². The molecule has 2 aromatic rings. The number of hydrogen-bond donors (Lipinski definition) is 2. The number of amides is 1. The lowest BCUT2D eigenvalue weighted by molar-refractivity contribution is 0.102. The van der Waals surface area contributed by atoms with Gasteiger partial charge in [0.2, 0.25) is 0 Å². The van der Waals surface area contributed by atoms with Gasteiger partial charge >= 0.3 is 0 Å². The van der Waals surface area contributed by atoms with Gasteiger partial charge in [0.15, 0.2) is 5.13 Å². The van der Waals surface area contributed by atoms with Crippen LogP contribution in [0.4, 0.5) is 10.8 Å². The Balaban J connectivity index is 2.13. The zero-order valence-electron chi connectivity index (χ0n) is 12.2. The highest BCUT2D eigenvalue weighted by Crippen LogP contribution is 2.22. The van der Waals surface area contributed by atoms with E-state index in [4.69, 9.17) is 0 Å². The van der Waals surface area contributed by atoms with Gasteiger partial charge in [0.25, 0.3) is 5.91 Å². The van der Waals surface area contributed by atoms with Gasteiger partial charge in [-0.1, -0.05) is 13.8 Å². The van der Waals surface area contributed by atoms with E-state index in [1.54, 1.807) is 0 Å². The van der Waals surface area contributed by atoms with Crippen molar-refractivity contribution in [2.24, 2.45) is 0 Å². The van der Waals surface area contributed by atoms with Crippen LogP contribution in [-0.2, 0) is 0 Å². The fraction of sp³-hybridized carbons (Fsp3) is 0.333. The topological polar surface area (TPSA) is 54.0 Å². The van der Waals surface area contributed by atoms with Gasteiger partial charge in [0, 0.05) is 23.7 Å². The second-order valence-electron chi connectivity index (χ2n) is 4.97. The molecule has 0 aliphatic carbocycles. The van der Waals surface area contributed by atoms with Crippen molar-refractivity contribution in [3.8, 4) is 0 Å². The van der Waals surface area contributed by atoms with Crippen LogP contribution in [0.2, 0.25) is 0 Å². The molecule has 1 amide bonds. The van der Waals surface area contributed by atoms with Crippen LogP contribution in [0.15, 0.2) is 23.6 Å². The predicted molar refractivity (Wildman–Crippen MR) is 84.9 cm³/mol. The van der Waals surface area contributed by atoms with Crippen molar-refractivity contribution in [2.75, 3.05) is 17.7 Å². The van der Waals surface area contributed by atoms with Crippen molar-refractivity contribution in [2.45, 2.75) is 26.7 Å². The maximum absolute atomic E-state index is 12.2. The maximum atomic E-state index is 12.2. The number of thiazole rings is 1. The molecular weight excluding hydrogens is 270 g/mol. The minimum atomic E-state index is -0.125. The Morgan fingerprint density at radius 3 is 2.65 bits per heavy atom. The number of aryl methyl sites for hydroxylation is 1. The van der Waals surface area contributed by atoms with Crippen LogP contribution in [0.1, 0.15) is 41.4 Å². The molecule has 0 fully saturated rings. The summed E-state index contributed by atoms with van der Waals surface area (Å²) in [7, 11) is 1.87. The highest BCUT2D eigenvalue weighted by molar-refractivity contribution is 7.14. The van der Waals surface area contributed by atoms with Crippen LogP contribution in [0.5, 0.6) is 0 Å². The molecule has 2 N–H and O–H groups in total. The van der Waals surface area contributed by atoms with Crippen LogP contribution >= 0.6 is 11.3 Å². The molecule has 0 bridgehead atoms. The maximum Gasteiger partial charge on any atom is 0.257 e. The zero-order valence-corrected chi connectivity index (χ0v) is 13.0. The third-order valence-corrected chi connectivity index (χ3v) is 3.87. The summed E-state index contributed by atoms with van der Waals surface area (Å²) in [6, 6.07) is 5.59. The standard InChI is InChI=1S/C15H19N3OS/c1-9(2)13-8-20-15(17-13)18-14(19)11-5-6-12(16-4)10(3)7-11/h5-9,16H,1-4H3,(H,17,18,19). The lowest BCUT2D eigenvalue weighted by atomic mass is 10.1. The molecular formula is C15H19N3OS. The summed E-state index contributed by atoms with van der Waals surface area (Å²) < 4.78 is 0. The molecule has 1 heterocycles. The highest BCUT2D eigenvalue weighted by atomic mass is 32.1. The summed E-state index contributed by atoms with van der Waals surface area (Å²) in [4.78, 5) is 16.6. The number of anilines is 2. The third kappa shape index (κ3) is 3.17. The predicted octanol–water partition coefficient (Wildman–Crippen LogP) is 3.87. The smallest absolute Gasteiger partial charge is 0.257 e. The molecule has 106 valence electrons. The Labute approximate surface area is 123 Å². The Morgan fingerprint density at radius 2 is 2.10 bits per heavy atom. The minimum Gasteiger partial charge on any atom is -0.388 e. The summed E-state index contributed by atoms with van der Waals surface area (Å²) in [6.45, 7) is 6.14. The monoisotopic (exact) mass is 289 g/mol. The molecule has 0 saturated carbocycles. The first-order valence-electron chi connectivity index (χ1n) is 6.56. The number of nitrogens with zero attached hydrogens (tertiary/aromatic N) is 1. The molecule has 5 heteroatoms. The molecule has 0 radical (unpaired) electrons. The first-order valence-corrected chi connectivity index (χ1v) is 7.44. The van der Waals surface area contributed by atoms with E-state index in [-0.39, 0.29) is 5.91 Å². The van der Waals surface area contributed by atoms with E-state index in [1.807, 2.05) is 37.6 Å². The van der Waals surface area contributed by atoms with Gasteiger partial charge in [0.1, 0.15) is 0 Å². The molecule has 0 spiro atoms. The summed E-state index contributed by atoms with van der Waals surface area (Å²) in [6.07, 6.45) is 0. The average molecular weight is 289 g/mol. The number of rotatable bonds is 4. The number of nitrogens with one attached hydrogen (secondary N) is 2. The van der Waals surface area contributed by atoms with Crippen LogP contribution < -0.4 is 10.6 Å². The van der Waals surface area contributed by atoms with Crippen molar-refractivity contribution in [3.63, 3.8) is 0 Å². The molecule has 2 rings (SSSR count). The Bertz CT molecular complexity index is 619. The normalized spacial score (nSPS) is 10.7. The molecule has 0 unspecified atom stereocenters. The third-order valence-electron chi connectivity index (χ3n) is 3.09. The van der Waals surface area contributed by atoms with Gasteiger partial charge in [-0.15, -0.1) is 11.3 Å².